The van der Waals surface area contributed by atoms with Gasteiger partial charge < -0.3 is 10.5 Å². The molecule has 3 atom stereocenters. The van der Waals surface area contributed by atoms with E-state index in [1.807, 2.05) is 0 Å². The van der Waals surface area contributed by atoms with Gasteiger partial charge in [0.25, 0.3) is 0 Å². The zero-order chi connectivity index (χ0) is 12.4. The summed E-state index contributed by atoms with van der Waals surface area (Å²) in [5, 5.41) is 0. The molecule has 1 heterocycles. The van der Waals surface area contributed by atoms with Crippen molar-refractivity contribution in [3.63, 3.8) is 0 Å². The highest BCUT2D eigenvalue weighted by Crippen LogP contribution is 2.26. The summed E-state index contributed by atoms with van der Waals surface area (Å²) >= 11 is 3.36. The molecule has 2 rings (SSSR count). The Balaban J connectivity index is 2.04. The van der Waals surface area contributed by atoms with Crippen LogP contribution in [0.3, 0.4) is 0 Å². The minimum Gasteiger partial charge on any atom is -0.376 e. The maximum atomic E-state index is 13.0. The van der Waals surface area contributed by atoms with Crippen molar-refractivity contribution in [3.8, 4) is 0 Å². The lowest BCUT2D eigenvalue weighted by molar-refractivity contribution is 0.0726. The Morgan fingerprint density at radius 3 is 2.94 bits per heavy atom. The predicted molar refractivity (Wildman–Crippen MR) is 69.3 cm³/mol. The standard InChI is InChI=1S/C13H17BrFNO/c1-8-4-5-17-13(8)12(16)6-9-2-3-10(15)7-11(9)14/h2-3,7-8,12-13H,4-6,16H2,1H3. The summed E-state index contributed by atoms with van der Waals surface area (Å²) in [6.45, 7) is 2.96. The Bertz CT molecular complexity index is 399. The van der Waals surface area contributed by atoms with Crippen molar-refractivity contribution >= 4 is 15.9 Å². The average molecular weight is 302 g/mol. The first-order chi connectivity index (χ1) is 8.08. The van der Waals surface area contributed by atoms with Gasteiger partial charge in [0.05, 0.1) is 6.10 Å². The van der Waals surface area contributed by atoms with E-state index in [0.29, 0.717) is 12.3 Å². The van der Waals surface area contributed by atoms with Gasteiger partial charge in [-0.1, -0.05) is 28.9 Å². The van der Waals surface area contributed by atoms with E-state index >= 15 is 0 Å². The van der Waals surface area contributed by atoms with Crippen molar-refractivity contribution in [1.29, 1.82) is 0 Å². The van der Waals surface area contributed by atoms with Gasteiger partial charge in [0.1, 0.15) is 5.82 Å². The second kappa shape index (κ2) is 5.46. The van der Waals surface area contributed by atoms with E-state index in [2.05, 4.69) is 22.9 Å². The molecule has 4 heteroatoms. The lowest BCUT2D eigenvalue weighted by Crippen LogP contribution is -2.39. The van der Waals surface area contributed by atoms with Crippen molar-refractivity contribution in [2.45, 2.75) is 31.9 Å². The average Bonchev–Trinajstić information content (AvgIpc) is 2.68. The molecule has 17 heavy (non-hydrogen) atoms. The largest absolute Gasteiger partial charge is 0.376 e. The molecular weight excluding hydrogens is 285 g/mol. The highest BCUT2D eigenvalue weighted by Gasteiger charge is 2.30. The fraction of sp³-hybridized carbons (Fsp3) is 0.538. The molecule has 2 N–H and O–H groups in total. The molecule has 0 aromatic heterocycles. The maximum Gasteiger partial charge on any atom is 0.124 e. The number of hydrogen-bond donors (Lipinski definition) is 1. The summed E-state index contributed by atoms with van der Waals surface area (Å²) in [5.41, 5.74) is 7.20. The summed E-state index contributed by atoms with van der Waals surface area (Å²) in [5.74, 6) is 0.268. The molecule has 1 aliphatic heterocycles. The fourth-order valence-corrected chi connectivity index (χ4v) is 2.83. The lowest BCUT2D eigenvalue weighted by Gasteiger charge is -2.22. The molecule has 0 bridgehead atoms. The van der Waals surface area contributed by atoms with Gasteiger partial charge in [0, 0.05) is 17.1 Å². The second-order valence-corrected chi connectivity index (χ2v) is 5.56. The lowest BCUT2D eigenvalue weighted by atomic mass is 9.93. The second-order valence-electron chi connectivity index (χ2n) is 4.71. The summed E-state index contributed by atoms with van der Waals surface area (Å²) in [6, 6.07) is 4.68. The third kappa shape index (κ3) is 3.06. The van der Waals surface area contributed by atoms with Crippen LogP contribution in [0.15, 0.2) is 22.7 Å². The number of ether oxygens (including phenoxy) is 1. The van der Waals surface area contributed by atoms with E-state index in [1.165, 1.54) is 12.1 Å². The van der Waals surface area contributed by atoms with Gasteiger partial charge in [0.2, 0.25) is 0 Å². The SMILES string of the molecule is CC1CCOC1C(N)Cc1ccc(F)cc1Br. The number of benzene rings is 1. The number of rotatable bonds is 3. The van der Waals surface area contributed by atoms with Gasteiger partial charge in [0.15, 0.2) is 0 Å². The summed E-state index contributed by atoms with van der Waals surface area (Å²) in [4.78, 5) is 0. The van der Waals surface area contributed by atoms with Crippen molar-refractivity contribution in [1.82, 2.24) is 0 Å². The van der Waals surface area contributed by atoms with Crippen LogP contribution in [-0.4, -0.2) is 18.8 Å². The Hall–Kier alpha value is -0.450. The first-order valence-corrected chi connectivity index (χ1v) is 6.68. The maximum absolute atomic E-state index is 13.0. The van der Waals surface area contributed by atoms with Crippen molar-refractivity contribution < 1.29 is 9.13 Å². The van der Waals surface area contributed by atoms with Crippen molar-refractivity contribution in [3.05, 3.63) is 34.1 Å². The van der Waals surface area contributed by atoms with Crippen molar-refractivity contribution in [2.75, 3.05) is 6.61 Å². The van der Waals surface area contributed by atoms with Gasteiger partial charge in [-0.2, -0.15) is 0 Å². The fourth-order valence-electron chi connectivity index (χ4n) is 2.32. The van der Waals surface area contributed by atoms with E-state index in [0.717, 1.165) is 23.1 Å². The van der Waals surface area contributed by atoms with Gasteiger partial charge >= 0.3 is 0 Å². The van der Waals surface area contributed by atoms with E-state index in [1.54, 1.807) is 6.07 Å². The quantitative estimate of drug-likeness (QED) is 0.932. The summed E-state index contributed by atoms with van der Waals surface area (Å²) < 4.78 is 19.4. The molecule has 1 fully saturated rings. The monoisotopic (exact) mass is 301 g/mol. The normalized spacial score (nSPS) is 26.1. The van der Waals surface area contributed by atoms with Crippen molar-refractivity contribution in [2.24, 2.45) is 11.7 Å². The first-order valence-electron chi connectivity index (χ1n) is 5.89. The van der Waals surface area contributed by atoms with Crippen LogP contribution >= 0.6 is 15.9 Å². The Morgan fingerprint density at radius 1 is 1.59 bits per heavy atom. The minimum atomic E-state index is -0.236. The number of hydrogen-bond acceptors (Lipinski definition) is 2. The van der Waals surface area contributed by atoms with E-state index in [-0.39, 0.29) is 18.0 Å². The molecule has 1 aliphatic rings. The topological polar surface area (TPSA) is 35.2 Å². The van der Waals surface area contributed by atoms with E-state index < -0.39 is 0 Å². The summed E-state index contributed by atoms with van der Waals surface area (Å²) in [6.07, 6.45) is 1.89. The smallest absolute Gasteiger partial charge is 0.124 e. The number of nitrogens with two attached hydrogens (primary N) is 1. The highest BCUT2D eigenvalue weighted by molar-refractivity contribution is 9.10. The van der Waals surface area contributed by atoms with E-state index in [4.69, 9.17) is 10.5 Å². The van der Waals surface area contributed by atoms with Gasteiger partial charge in [-0.15, -0.1) is 0 Å². The third-order valence-corrected chi connectivity index (χ3v) is 4.08. The van der Waals surface area contributed by atoms with Crippen LogP contribution in [-0.2, 0) is 11.2 Å². The molecule has 0 amide bonds. The van der Waals surface area contributed by atoms with Gasteiger partial charge in [-0.25, -0.2) is 4.39 Å². The Labute approximate surface area is 109 Å². The zero-order valence-corrected chi connectivity index (χ0v) is 11.4. The van der Waals surface area contributed by atoms with Crippen LogP contribution in [0.4, 0.5) is 4.39 Å². The van der Waals surface area contributed by atoms with Crippen LogP contribution in [0.5, 0.6) is 0 Å². The van der Waals surface area contributed by atoms with E-state index in [9.17, 15) is 4.39 Å². The first kappa shape index (κ1) is 13.0. The molecule has 1 aromatic carbocycles. The molecule has 0 spiro atoms. The molecule has 0 radical (unpaired) electrons. The molecule has 3 unspecified atom stereocenters. The summed E-state index contributed by atoms with van der Waals surface area (Å²) in [7, 11) is 0. The van der Waals surface area contributed by atoms with Crippen LogP contribution in [0, 0.1) is 11.7 Å². The van der Waals surface area contributed by atoms with Crippen LogP contribution in [0.25, 0.3) is 0 Å². The van der Waals surface area contributed by atoms with Gasteiger partial charge in [-0.05, 0) is 36.5 Å². The Morgan fingerprint density at radius 2 is 2.35 bits per heavy atom. The number of halogens is 2. The molecule has 1 aromatic rings. The molecule has 2 nitrogen and oxygen atoms in total. The molecule has 1 saturated heterocycles. The Kier molecular flexibility index (Phi) is 4.17. The molecule has 0 saturated carbocycles. The highest BCUT2D eigenvalue weighted by atomic mass is 79.9. The minimum absolute atomic E-state index is 0.0331. The van der Waals surface area contributed by atoms with Crippen LogP contribution < -0.4 is 5.73 Å². The zero-order valence-electron chi connectivity index (χ0n) is 9.83. The third-order valence-electron chi connectivity index (χ3n) is 3.34. The van der Waals surface area contributed by atoms with Crippen LogP contribution in [0.1, 0.15) is 18.9 Å². The van der Waals surface area contributed by atoms with Gasteiger partial charge in [-0.3, -0.25) is 0 Å². The predicted octanol–water partition coefficient (Wildman–Crippen LogP) is 2.88. The molecular formula is C13H17BrFNO. The molecule has 0 aliphatic carbocycles. The van der Waals surface area contributed by atoms with Crippen LogP contribution in [0.2, 0.25) is 0 Å². The molecule has 94 valence electrons.